The molecule has 3 aromatic rings. The standard InChI is InChI=1S/C18H15FO4/c1-10-15(11-4-6-12(21-2)7-5-11)18(20)23-13-8-9-14(22-3)17(19)16(10)13/h4-9H,1-3H3. The first-order valence-corrected chi connectivity index (χ1v) is 7.01. The lowest BCUT2D eigenvalue weighted by atomic mass is 9.99. The Morgan fingerprint density at radius 1 is 1.00 bits per heavy atom. The Morgan fingerprint density at radius 2 is 1.70 bits per heavy atom. The van der Waals surface area contributed by atoms with Crippen molar-refractivity contribution in [2.45, 2.75) is 6.92 Å². The van der Waals surface area contributed by atoms with Crippen LogP contribution in [0, 0.1) is 12.7 Å². The molecule has 2 aromatic carbocycles. The van der Waals surface area contributed by atoms with Gasteiger partial charge in [-0.1, -0.05) is 12.1 Å². The number of benzene rings is 2. The zero-order valence-corrected chi connectivity index (χ0v) is 13.0. The monoisotopic (exact) mass is 314 g/mol. The maximum Gasteiger partial charge on any atom is 0.344 e. The quantitative estimate of drug-likeness (QED) is 0.687. The minimum absolute atomic E-state index is 0.107. The van der Waals surface area contributed by atoms with Crippen molar-refractivity contribution < 1.29 is 18.3 Å². The molecule has 3 rings (SSSR count). The smallest absolute Gasteiger partial charge is 0.344 e. The summed E-state index contributed by atoms with van der Waals surface area (Å²) in [6, 6.07) is 9.92. The van der Waals surface area contributed by atoms with Crippen LogP contribution in [0.4, 0.5) is 4.39 Å². The van der Waals surface area contributed by atoms with E-state index in [0.29, 0.717) is 22.4 Å². The lowest BCUT2D eigenvalue weighted by Gasteiger charge is -2.11. The highest BCUT2D eigenvalue weighted by Crippen LogP contribution is 2.32. The van der Waals surface area contributed by atoms with Crippen LogP contribution in [-0.2, 0) is 0 Å². The van der Waals surface area contributed by atoms with Gasteiger partial charge >= 0.3 is 5.63 Å². The second-order valence-corrected chi connectivity index (χ2v) is 5.07. The minimum Gasteiger partial charge on any atom is -0.497 e. The lowest BCUT2D eigenvalue weighted by molar-refractivity contribution is 0.388. The van der Waals surface area contributed by atoms with Crippen molar-refractivity contribution in [1.82, 2.24) is 0 Å². The fourth-order valence-electron chi connectivity index (χ4n) is 2.65. The number of halogens is 1. The minimum atomic E-state index is -0.541. The summed E-state index contributed by atoms with van der Waals surface area (Å²) in [6.45, 7) is 1.70. The average Bonchev–Trinajstić information content (AvgIpc) is 2.55. The summed E-state index contributed by atoms with van der Waals surface area (Å²) in [5.41, 5.74) is 1.17. The number of rotatable bonds is 3. The SMILES string of the molecule is COc1ccc(-c2c(C)c3c(F)c(OC)ccc3oc2=O)cc1. The van der Waals surface area contributed by atoms with E-state index in [4.69, 9.17) is 13.9 Å². The molecule has 0 spiro atoms. The summed E-state index contributed by atoms with van der Waals surface area (Å²) in [4.78, 5) is 12.3. The Balaban J connectivity index is 2.32. The van der Waals surface area contributed by atoms with Crippen LogP contribution in [0.25, 0.3) is 22.1 Å². The normalized spacial score (nSPS) is 10.8. The average molecular weight is 314 g/mol. The molecule has 0 saturated carbocycles. The van der Waals surface area contributed by atoms with Gasteiger partial charge < -0.3 is 13.9 Å². The maximum absolute atomic E-state index is 14.6. The summed E-state index contributed by atoms with van der Waals surface area (Å²) >= 11 is 0. The molecule has 0 amide bonds. The maximum atomic E-state index is 14.6. The molecule has 0 bridgehead atoms. The van der Waals surface area contributed by atoms with E-state index >= 15 is 0 Å². The first kappa shape index (κ1) is 15.1. The van der Waals surface area contributed by atoms with Crippen LogP contribution in [-0.4, -0.2) is 14.2 Å². The van der Waals surface area contributed by atoms with Crippen molar-refractivity contribution in [3.05, 3.63) is 58.2 Å². The zero-order chi connectivity index (χ0) is 16.6. The first-order chi connectivity index (χ1) is 11.1. The van der Waals surface area contributed by atoms with E-state index in [1.165, 1.54) is 19.2 Å². The van der Waals surface area contributed by atoms with Gasteiger partial charge in [0.15, 0.2) is 11.6 Å². The summed E-state index contributed by atoms with van der Waals surface area (Å²) in [5.74, 6) is 0.237. The largest absolute Gasteiger partial charge is 0.497 e. The van der Waals surface area contributed by atoms with Crippen molar-refractivity contribution in [2.75, 3.05) is 14.2 Å². The van der Waals surface area contributed by atoms with Gasteiger partial charge in [0.25, 0.3) is 0 Å². The van der Waals surface area contributed by atoms with Gasteiger partial charge in [-0.05, 0) is 42.3 Å². The van der Waals surface area contributed by atoms with Gasteiger partial charge in [-0.2, -0.15) is 0 Å². The van der Waals surface area contributed by atoms with Crippen molar-refractivity contribution in [1.29, 1.82) is 0 Å². The van der Waals surface area contributed by atoms with E-state index in [1.54, 1.807) is 38.3 Å². The Bertz CT molecular complexity index is 926. The van der Waals surface area contributed by atoms with Crippen LogP contribution >= 0.6 is 0 Å². The van der Waals surface area contributed by atoms with E-state index in [9.17, 15) is 9.18 Å². The summed E-state index contributed by atoms with van der Waals surface area (Å²) in [5, 5.41) is 0.245. The van der Waals surface area contributed by atoms with Gasteiger partial charge in [-0.3, -0.25) is 0 Å². The van der Waals surface area contributed by atoms with Gasteiger partial charge in [-0.15, -0.1) is 0 Å². The predicted octanol–water partition coefficient (Wildman–Crippen LogP) is 3.92. The third-order valence-corrected chi connectivity index (χ3v) is 3.82. The van der Waals surface area contributed by atoms with Gasteiger partial charge in [0.1, 0.15) is 11.3 Å². The van der Waals surface area contributed by atoms with Gasteiger partial charge in [-0.25, -0.2) is 9.18 Å². The van der Waals surface area contributed by atoms with E-state index in [0.717, 1.165) is 0 Å². The Hall–Kier alpha value is -2.82. The second-order valence-electron chi connectivity index (χ2n) is 5.07. The van der Waals surface area contributed by atoms with Gasteiger partial charge in [0, 0.05) is 0 Å². The van der Waals surface area contributed by atoms with Crippen molar-refractivity contribution in [2.24, 2.45) is 0 Å². The molecular weight excluding hydrogens is 299 g/mol. The van der Waals surface area contributed by atoms with Crippen LogP contribution in [0.15, 0.2) is 45.6 Å². The highest BCUT2D eigenvalue weighted by atomic mass is 19.1. The molecule has 0 fully saturated rings. The van der Waals surface area contributed by atoms with Crippen LogP contribution in [0.5, 0.6) is 11.5 Å². The number of ether oxygens (including phenoxy) is 2. The molecule has 0 atom stereocenters. The molecule has 5 heteroatoms. The second kappa shape index (κ2) is 5.76. The molecule has 23 heavy (non-hydrogen) atoms. The van der Waals surface area contributed by atoms with Crippen LogP contribution in [0.1, 0.15) is 5.56 Å². The van der Waals surface area contributed by atoms with Gasteiger partial charge in [0.2, 0.25) is 0 Å². The molecule has 0 radical (unpaired) electrons. The van der Waals surface area contributed by atoms with Crippen LogP contribution < -0.4 is 15.1 Å². The van der Waals surface area contributed by atoms with E-state index in [2.05, 4.69) is 0 Å². The number of aryl methyl sites for hydroxylation is 1. The Morgan fingerprint density at radius 3 is 2.30 bits per heavy atom. The fourth-order valence-corrected chi connectivity index (χ4v) is 2.65. The first-order valence-electron chi connectivity index (χ1n) is 7.01. The van der Waals surface area contributed by atoms with E-state index in [-0.39, 0.29) is 16.7 Å². The molecule has 0 aliphatic rings. The molecule has 0 unspecified atom stereocenters. The highest BCUT2D eigenvalue weighted by Gasteiger charge is 2.18. The molecule has 0 N–H and O–H groups in total. The number of fused-ring (bicyclic) bond motifs is 1. The molecule has 4 nitrogen and oxygen atoms in total. The van der Waals surface area contributed by atoms with Crippen LogP contribution in [0.3, 0.4) is 0 Å². The Labute approximate surface area is 132 Å². The highest BCUT2D eigenvalue weighted by molar-refractivity contribution is 5.88. The molecule has 1 heterocycles. The summed E-state index contributed by atoms with van der Waals surface area (Å²) in [6.07, 6.45) is 0. The number of methoxy groups -OCH3 is 2. The van der Waals surface area contributed by atoms with E-state index < -0.39 is 11.4 Å². The molecular formula is C18H15FO4. The van der Waals surface area contributed by atoms with E-state index in [1.807, 2.05) is 0 Å². The fraction of sp³-hybridized carbons (Fsp3) is 0.167. The summed E-state index contributed by atoms with van der Waals surface area (Å²) in [7, 11) is 2.95. The Kier molecular flexibility index (Phi) is 3.78. The van der Waals surface area contributed by atoms with Crippen molar-refractivity contribution in [3.63, 3.8) is 0 Å². The third-order valence-electron chi connectivity index (χ3n) is 3.82. The van der Waals surface area contributed by atoms with Crippen LogP contribution in [0.2, 0.25) is 0 Å². The molecule has 118 valence electrons. The topological polar surface area (TPSA) is 48.7 Å². The lowest BCUT2D eigenvalue weighted by Crippen LogP contribution is -2.07. The third kappa shape index (κ3) is 2.44. The molecule has 0 aliphatic carbocycles. The van der Waals surface area contributed by atoms with Crippen molar-refractivity contribution in [3.8, 4) is 22.6 Å². The predicted molar refractivity (Wildman–Crippen MR) is 85.7 cm³/mol. The molecule has 0 aliphatic heterocycles. The number of hydrogen-bond donors (Lipinski definition) is 0. The number of hydrogen-bond acceptors (Lipinski definition) is 4. The zero-order valence-electron chi connectivity index (χ0n) is 13.0. The summed E-state index contributed by atoms with van der Waals surface area (Å²) < 4.78 is 30.0. The molecule has 1 aromatic heterocycles. The van der Waals surface area contributed by atoms with Crippen molar-refractivity contribution >= 4 is 11.0 Å². The van der Waals surface area contributed by atoms with Gasteiger partial charge in [0.05, 0.1) is 25.2 Å². The molecule has 0 saturated heterocycles.